The van der Waals surface area contributed by atoms with Crippen LogP contribution in [-0.2, 0) is 11.2 Å². The Labute approximate surface area is 114 Å². The van der Waals surface area contributed by atoms with Crippen LogP contribution in [0.1, 0.15) is 30.7 Å². The van der Waals surface area contributed by atoms with E-state index in [1.807, 2.05) is 6.92 Å². The summed E-state index contributed by atoms with van der Waals surface area (Å²) in [6, 6.07) is 0. The molecule has 8 heteroatoms. The zero-order chi connectivity index (χ0) is 14.9. The second kappa shape index (κ2) is 5.88. The van der Waals surface area contributed by atoms with Gasteiger partial charge in [0.05, 0.1) is 12.2 Å². The molecule has 0 radical (unpaired) electrons. The van der Waals surface area contributed by atoms with Gasteiger partial charge in [0.15, 0.2) is 0 Å². The number of ether oxygens (including phenoxy) is 1. The molecule has 0 bridgehead atoms. The van der Waals surface area contributed by atoms with Crippen molar-refractivity contribution in [1.82, 2.24) is 9.97 Å². The number of aromatic amines is 2. The van der Waals surface area contributed by atoms with Gasteiger partial charge in [-0.25, -0.2) is 4.79 Å². The summed E-state index contributed by atoms with van der Waals surface area (Å²) in [5, 5.41) is 28.8. The molecule has 112 valence electrons. The average Bonchev–Trinajstić information content (AvgIpc) is 2.66. The van der Waals surface area contributed by atoms with Crippen molar-refractivity contribution >= 4 is 0 Å². The highest BCUT2D eigenvalue weighted by molar-refractivity contribution is 5.23. The third kappa shape index (κ3) is 2.55. The molecular formula is C12H18N2O6. The molecule has 1 aromatic rings. The molecule has 0 spiro atoms. The number of H-pyrrole nitrogens is 2. The Morgan fingerprint density at radius 3 is 2.45 bits per heavy atom. The number of hydrogen-bond donors (Lipinski definition) is 5. The van der Waals surface area contributed by atoms with E-state index in [1.165, 1.54) is 0 Å². The molecule has 0 unspecified atom stereocenters. The molecule has 1 saturated heterocycles. The van der Waals surface area contributed by atoms with E-state index < -0.39 is 42.3 Å². The molecule has 1 aromatic heterocycles. The van der Waals surface area contributed by atoms with E-state index in [4.69, 9.17) is 9.84 Å². The van der Waals surface area contributed by atoms with E-state index in [0.717, 1.165) is 0 Å². The van der Waals surface area contributed by atoms with E-state index in [0.29, 0.717) is 18.5 Å². The van der Waals surface area contributed by atoms with Gasteiger partial charge in [-0.2, -0.15) is 0 Å². The van der Waals surface area contributed by atoms with Crippen LogP contribution in [0.3, 0.4) is 0 Å². The lowest BCUT2D eigenvalue weighted by Gasteiger charge is -2.17. The first-order valence-electron chi connectivity index (χ1n) is 6.47. The van der Waals surface area contributed by atoms with Crippen molar-refractivity contribution in [3.05, 3.63) is 32.1 Å². The summed E-state index contributed by atoms with van der Waals surface area (Å²) >= 11 is 0. The average molecular weight is 286 g/mol. The highest BCUT2D eigenvalue weighted by Crippen LogP contribution is 2.32. The number of hydrogen-bond acceptors (Lipinski definition) is 6. The van der Waals surface area contributed by atoms with Crippen molar-refractivity contribution in [1.29, 1.82) is 0 Å². The molecule has 20 heavy (non-hydrogen) atoms. The Morgan fingerprint density at radius 2 is 1.90 bits per heavy atom. The van der Waals surface area contributed by atoms with E-state index in [9.17, 15) is 19.8 Å². The molecule has 2 rings (SSSR count). The summed E-state index contributed by atoms with van der Waals surface area (Å²) in [5.41, 5.74) is -0.828. The van der Waals surface area contributed by atoms with Crippen molar-refractivity contribution in [3.8, 4) is 0 Å². The van der Waals surface area contributed by atoms with Gasteiger partial charge in [0, 0.05) is 5.69 Å². The van der Waals surface area contributed by atoms with Crippen LogP contribution in [0.25, 0.3) is 0 Å². The zero-order valence-corrected chi connectivity index (χ0v) is 11.0. The van der Waals surface area contributed by atoms with Crippen LogP contribution >= 0.6 is 0 Å². The first kappa shape index (κ1) is 14.9. The van der Waals surface area contributed by atoms with E-state index in [2.05, 4.69) is 9.97 Å². The maximum absolute atomic E-state index is 12.0. The normalized spacial score (nSPS) is 29.8. The molecule has 5 N–H and O–H groups in total. The SMILES string of the molecule is CCCc1[nH]c(=O)[nH]c(=O)c1[C@@H]1O[C@H](CO)[C@@H](O)[C@H]1O. The van der Waals surface area contributed by atoms with Crippen LogP contribution in [-0.4, -0.2) is 50.2 Å². The minimum absolute atomic E-state index is 0.0916. The van der Waals surface area contributed by atoms with Crippen molar-refractivity contribution < 1.29 is 20.1 Å². The van der Waals surface area contributed by atoms with Crippen LogP contribution < -0.4 is 11.2 Å². The van der Waals surface area contributed by atoms with Crippen molar-refractivity contribution in [2.24, 2.45) is 0 Å². The van der Waals surface area contributed by atoms with Gasteiger partial charge in [-0.05, 0) is 6.42 Å². The fourth-order valence-corrected chi connectivity index (χ4v) is 2.43. The minimum atomic E-state index is -1.34. The second-order valence-corrected chi connectivity index (χ2v) is 4.81. The molecule has 2 heterocycles. The van der Waals surface area contributed by atoms with Gasteiger partial charge in [0.25, 0.3) is 5.56 Å². The fraction of sp³-hybridized carbons (Fsp3) is 0.667. The summed E-state index contributed by atoms with van der Waals surface area (Å²) in [7, 11) is 0. The second-order valence-electron chi connectivity index (χ2n) is 4.81. The summed E-state index contributed by atoms with van der Waals surface area (Å²) in [6.07, 6.45) is -3.55. The van der Waals surface area contributed by atoms with Crippen LogP contribution in [0, 0.1) is 0 Å². The zero-order valence-electron chi connectivity index (χ0n) is 11.0. The molecule has 0 aromatic carbocycles. The molecule has 0 saturated carbocycles. The van der Waals surface area contributed by atoms with Crippen molar-refractivity contribution in [2.75, 3.05) is 6.61 Å². The standard InChI is InChI=1S/C12H18N2O6/c1-2-3-5-7(11(18)14-12(19)13-5)10-9(17)8(16)6(4-15)20-10/h6,8-10,15-17H,2-4H2,1H3,(H2,13,14,18,19)/t6-,8-,9-,10+/m1/s1. The number of aliphatic hydroxyl groups excluding tert-OH is 3. The maximum atomic E-state index is 12.0. The first-order chi connectivity index (χ1) is 9.49. The smallest absolute Gasteiger partial charge is 0.325 e. The number of nitrogens with one attached hydrogen (secondary N) is 2. The number of aryl methyl sites for hydroxylation is 1. The van der Waals surface area contributed by atoms with Gasteiger partial charge in [0.1, 0.15) is 24.4 Å². The lowest BCUT2D eigenvalue weighted by molar-refractivity contribution is -0.0235. The first-order valence-corrected chi connectivity index (χ1v) is 6.47. The largest absolute Gasteiger partial charge is 0.394 e. The lowest BCUT2D eigenvalue weighted by atomic mass is 9.99. The van der Waals surface area contributed by atoms with E-state index in [-0.39, 0.29) is 5.56 Å². The van der Waals surface area contributed by atoms with Gasteiger partial charge >= 0.3 is 5.69 Å². The number of aliphatic hydroxyl groups is 3. The summed E-state index contributed by atoms with van der Waals surface area (Å²) < 4.78 is 5.34. The van der Waals surface area contributed by atoms with Crippen molar-refractivity contribution in [3.63, 3.8) is 0 Å². The highest BCUT2D eigenvalue weighted by atomic mass is 16.6. The Morgan fingerprint density at radius 1 is 1.20 bits per heavy atom. The molecule has 0 amide bonds. The van der Waals surface area contributed by atoms with Gasteiger partial charge in [0.2, 0.25) is 0 Å². The number of aromatic nitrogens is 2. The Kier molecular flexibility index (Phi) is 4.39. The fourth-order valence-electron chi connectivity index (χ4n) is 2.43. The topological polar surface area (TPSA) is 136 Å². The van der Waals surface area contributed by atoms with Crippen LogP contribution in [0.5, 0.6) is 0 Å². The Bertz CT molecular complexity index is 580. The minimum Gasteiger partial charge on any atom is -0.394 e. The quantitative estimate of drug-likeness (QED) is 0.442. The summed E-state index contributed by atoms with van der Waals surface area (Å²) in [5.74, 6) is 0. The summed E-state index contributed by atoms with van der Waals surface area (Å²) in [6.45, 7) is 1.40. The van der Waals surface area contributed by atoms with Crippen molar-refractivity contribution in [2.45, 2.75) is 44.2 Å². The van der Waals surface area contributed by atoms with Crippen LogP contribution in [0.15, 0.2) is 9.59 Å². The Hall–Kier alpha value is -1.48. The molecule has 4 atom stereocenters. The van der Waals surface area contributed by atoms with Crippen LogP contribution in [0.4, 0.5) is 0 Å². The molecule has 1 fully saturated rings. The van der Waals surface area contributed by atoms with Gasteiger partial charge in [-0.3, -0.25) is 9.78 Å². The van der Waals surface area contributed by atoms with Gasteiger partial charge in [-0.15, -0.1) is 0 Å². The highest BCUT2D eigenvalue weighted by Gasteiger charge is 2.44. The van der Waals surface area contributed by atoms with E-state index in [1.54, 1.807) is 0 Å². The third-order valence-corrected chi connectivity index (χ3v) is 3.39. The molecule has 1 aliphatic rings. The van der Waals surface area contributed by atoms with Gasteiger partial charge in [-0.1, -0.05) is 13.3 Å². The maximum Gasteiger partial charge on any atom is 0.325 e. The Balaban J connectivity index is 2.47. The predicted octanol–water partition coefficient (Wildman–Crippen LogP) is -1.83. The third-order valence-electron chi connectivity index (χ3n) is 3.39. The summed E-state index contributed by atoms with van der Waals surface area (Å²) in [4.78, 5) is 27.9. The monoisotopic (exact) mass is 286 g/mol. The van der Waals surface area contributed by atoms with Crippen LogP contribution in [0.2, 0.25) is 0 Å². The molecule has 8 nitrogen and oxygen atoms in total. The lowest BCUT2D eigenvalue weighted by Crippen LogP contribution is -2.35. The van der Waals surface area contributed by atoms with E-state index >= 15 is 0 Å². The molecular weight excluding hydrogens is 268 g/mol. The predicted molar refractivity (Wildman–Crippen MR) is 68.4 cm³/mol. The number of rotatable bonds is 4. The molecule has 0 aliphatic carbocycles. The molecule has 1 aliphatic heterocycles. The van der Waals surface area contributed by atoms with Gasteiger partial charge < -0.3 is 25.0 Å².